The van der Waals surface area contributed by atoms with Gasteiger partial charge in [0.15, 0.2) is 5.82 Å². The highest BCUT2D eigenvalue weighted by molar-refractivity contribution is 7.99. The van der Waals surface area contributed by atoms with Crippen LogP contribution in [0.2, 0.25) is 0 Å². The van der Waals surface area contributed by atoms with Gasteiger partial charge < -0.3 is 9.84 Å². The highest BCUT2D eigenvalue weighted by atomic mass is 32.2. The summed E-state index contributed by atoms with van der Waals surface area (Å²) in [6.07, 6.45) is 6.77. The first-order valence-corrected chi connectivity index (χ1v) is 9.18. The van der Waals surface area contributed by atoms with Crippen molar-refractivity contribution in [2.24, 2.45) is 0 Å². The molecule has 1 N–H and O–H groups in total. The third-order valence-electron chi connectivity index (χ3n) is 3.77. The molecule has 1 fully saturated rings. The predicted molar refractivity (Wildman–Crippen MR) is 87.9 cm³/mol. The van der Waals surface area contributed by atoms with E-state index in [1.165, 1.54) is 43.6 Å². The summed E-state index contributed by atoms with van der Waals surface area (Å²) in [5.41, 5.74) is 1.86. The Balaban J connectivity index is 1.67. The summed E-state index contributed by atoms with van der Waals surface area (Å²) in [6.45, 7) is 1.97. The van der Waals surface area contributed by atoms with E-state index in [9.17, 15) is 0 Å². The van der Waals surface area contributed by atoms with Gasteiger partial charge in [-0.25, -0.2) is 0 Å². The van der Waals surface area contributed by atoms with Crippen molar-refractivity contribution >= 4 is 28.3 Å². The van der Waals surface area contributed by atoms with Crippen LogP contribution in [0.5, 0.6) is 0 Å². The summed E-state index contributed by atoms with van der Waals surface area (Å²) in [5.74, 6) is 2.19. The molecule has 114 valence electrons. The second-order valence-electron chi connectivity index (χ2n) is 5.31. The molecular weight excluding hydrogens is 304 g/mol. The molecule has 0 aromatic carbocycles. The van der Waals surface area contributed by atoms with Crippen LogP contribution in [-0.4, -0.2) is 26.8 Å². The van der Waals surface area contributed by atoms with Crippen molar-refractivity contribution in [3.8, 4) is 11.5 Å². The molecule has 0 spiro atoms. The van der Waals surface area contributed by atoms with Crippen LogP contribution in [0.25, 0.3) is 11.5 Å². The Labute approximate surface area is 133 Å². The lowest BCUT2D eigenvalue weighted by Crippen LogP contribution is -2.08. The number of anilines is 1. The van der Waals surface area contributed by atoms with Crippen LogP contribution in [0.15, 0.2) is 4.52 Å². The van der Waals surface area contributed by atoms with Gasteiger partial charge in [0.25, 0.3) is 5.89 Å². The van der Waals surface area contributed by atoms with Gasteiger partial charge in [-0.05, 0) is 31.3 Å². The van der Waals surface area contributed by atoms with Crippen LogP contribution < -0.4 is 5.32 Å². The topological polar surface area (TPSA) is 63.8 Å². The van der Waals surface area contributed by atoms with Gasteiger partial charge in [0.1, 0.15) is 5.00 Å². The van der Waals surface area contributed by atoms with E-state index in [2.05, 4.69) is 19.8 Å². The zero-order chi connectivity index (χ0) is 14.7. The number of thioether (sulfide) groups is 1. The molecule has 0 atom stereocenters. The van der Waals surface area contributed by atoms with Gasteiger partial charge in [-0.3, -0.25) is 0 Å². The Morgan fingerprint density at radius 3 is 2.90 bits per heavy atom. The molecule has 0 radical (unpaired) electrons. The Morgan fingerprint density at radius 1 is 1.33 bits per heavy atom. The minimum atomic E-state index is 0.574. The van der Waals surface area contributed by atoms with E-state index in [0.29, 0.717) is 5.89 Å². The highest BCUT2D eigenvalue weighted by Crippen LogP contribution is 2.34. The molecule has 2 aromatic heterocycles. The largest absolute Gasteiger partial charge is 0.378 e. The standard InChI is InChI=1S/C14H20N4OS2/c1-9-12(14(15-2)21-18-9)13-16-11(17-19-13)8-20-10-6-4-3-5-7-10/h10,15H,3-8H2,1-2H3. The Hall–Kier alpha value is -1.08. The van der Waals surface area contributed by atoms with Crippen molar-refractivity contribution in [3.63, 3.8) is 0 Å². The van der Waals surface area contributed by atoms with Crippen LogP contribution in [-0.2, 0) is 5.75 Å². The van der Waals surface area contributed by atoms with Gasteiger partial charge in [-0.2, -0.15) is 21.1 Å². The highest BCUT2D eigenvalue weighted by Gasteiger charge is 2.20. The predicted octanol–water partition coefficient (Wildman–Crippen LogP) is 4.11. The molecule has 0 amide bonds. The molecule has 2 heterocycles. The van der Waals surface area contributed by atoms with Crippen molar-refractivity contribution in [1.82, 2.24) is 14.5 Å². The van der Waals surface area contributed by atoms with Crippen LogP contribution in [0, 0.1) is 6.92 Å². The number of nitrogens with zero attached hydrogens (tertiary/aromatic N) is 3. The number of aromatic nitrogens is 3. The summed E-state index contributed by atoms with van der Waals surface area (Å²) in [5, 5.41) is 8.98. The molecule has 2 aromatic rings. The van der Waals surface area contributed by atoms with E-state index in [0.717, 1.165) is 33.1 Å². The van der Waals surface area contributed by atoms with Gasteiger partial charge in [0.05, 0.1) is 17.0 Å². The first kappa shape index (κ1) is 14.8. The van der Waals surface area contributed by atoms with E-state index >= 15 is 0 Å². The van der Waals surface area contributed by atoms with Crippen LogP contribution in [0.3, 0.4) is 0 Å². The first-order chi connectivity index (χ1) is 10.3. The number of aryl methyl sites for hydroxylation is 1. The Bertz CT molecular complexity index is 590. The molecule has 7 heteroatoms. The molecule has 3 rings (SSSR count). The van der Waals surface area contributed by atoms with Crippen LogP contribution in [0.1, 0.15) is 43.6 Å². The minimum Gasteiger partial charge on any atom is -0.378 e. The third kappa shape index (κ3) is 3.40. The third-order valence-corrected chi connectivity index (χ3v) is 6.10. The lowest BCUT2D eigenvalue weighted by molar-refractivity contribution is 0.425. The Morgan fingerprint density at radius 2 is 2.14 bits per heavy atom. The van der Waals surface area contributed by atoms with Crippen LogP contribution >= 0.6 is 23.3 Å². The SMILES string of the molecule is CNc1snc(C)c1-c1nc(CSC2CCCCC2)no1. The molecule has 1 aliphatic rings. The summed E-state index contributed by atoms with van der Waals surface area (Å²) in [4.78, 5) is 4.53. The normalized spacial score (nSPS) is 16.3. The fourth-order valence-electron chi connectivity index (χ4n) is 2.63. The maximum absolute atomic E-state index is 5.42. The molecular formula is C14H20N4OS2. The quantitative estimate of drug-likeness (QED) is 0.893. The summed E-state index contributed by atoms with van der Waals surface area (Å²) in [7, 11) is 1.88. The fourth-order valence-corrected chi connectivity index (χ4v) is 4.54. The van der Waals surface area contributed by atoms with Crippen molar-refractivity contribution in [2.45, 2.75) is 50.0 Å². The van der Waals surface area contributed by atoms with Gasteiger partial charge in [-0.1, -0.05) is 24.4 Å². The summed E-state index contributed by atoms with van der Waals surface area (Å²) < 4.78 is 9.76. The second-order valence-corrected chi connectivity index (χ2v) is 7.37. The number of hydrogen-bond acceptors (Lipinski definition) is 7. The van der Waals surface area contributed by atoms with Crippen molar-refractivity contribution < 1.29 is 4.52 Å². The van der Waals surface area contributed by atoms with Crippen molar-refractivity contribution in [3.05, 3.63) is 11.5 Å². The monoisotopic (exact) mass is 324 g/mol. The van der Waals surface area contributed by atoms with Gasteiger partial charge in [-0.15, -0.1) is 0 Å². The Kier molecular flexibility index (Phi) is 4.80. The number of rotatable bonds is 5. The molecule has 0 aliphatic heterocycles. The van der Waals surface area contributed by atoms with Gasteiger partial charge >= 0.3 is 0 Å². The zero-order valence-corrected chi connectivity index (χ0v) is 14.0. The molecule has 1 aliphatic carbocycles. The first-order valence-electron chi connectivity index (χ1n) is 7.36. The molecule has 21 heavy (non-hydrogen) atoms. The summed E-state index contributed by atoms with van der Waals surface area (Å²) in [6, 6.07) is 0. The molecule has 0 unspecified atom stereocenters. The van der Waals surface area contributed by atoms with E-state index in [1.54, 1.807) is 0 Å². The number of hydrogen-bond donors (Lipinski definition) is 1. The smallest absolute Gasteiger partial charge is 0.262 e. The van der Waals surface area contributed by atoms with Crippen molar-refractivity contribution in [2.75, 3.05) is 12.4 Å². The maximum atomic E-state index is 5.42. The molecule has 0 bridgehead atoms. The molecule has 0 saturated heterocycles. The van der Waals surface area contributed by atoms with Gasteiger partial charge in [0, 0.05) is 12.3 Å². The second kappa shape index (κ2) is 6.79. The van der Waals surface area contributed by atoms with Crippen LogP contribution in [0.4, 0.5) is 5.00 Å². The minimum absolute atomic E-state index is 0.574. The van der Waals surface area contributed by atoms with E-state index in [1.807, 2.05) is 25.7 Å². The lowest BCUT2D eigenvalue weighted by atomic mass is 10.0. The van der Waals surface area contributed by atoms with E-state index in [-0.39, 0.29) is 0 Å². The van der Waals surface area contributed by atoms with E-state index < -0.39 is 0 Å². The van der Waals surface area contributed by atoms with Crippen molar-refractivity contribution in [1.29, 1.82) is 0 Å². The zero-order valence-electron chi connectivity index (χ0n) is 12.4. The van der Waals surface area contributed by atoms with Gasteiger partial charge in [0.2, 0.25) is 0 Å². The maximum Gasteiger partial charge on any atom is 0.262 e. The number of nitrogens with one attached hydrogen (secondary N) is 1. The summed E-state index contributed by atoms with van der Waals surface area (Å²) >= 11 is 3.38. The molecule has 1 saturated carbocycles. The average Bonchev–Trinajstić information content (AvgIpc) is 3.12. The average molecular weight is 324 g/mol. The van der Waals surface area contributed by atoms with E-state index in [4.69, 9.17) is 4.52 Å². The molecule has 5 nitrogen and oxygen atoms in total. The lowest BCUT2D eigenvalue weighted by Gasteiger charge is -2.19. The fraction of sp³-hybridized carbons (Fsp3) is 0.643.